The average molecular weight is 356 g/mol. The van der Waals surface area contributed by atoms with Crippen LogP contribution in [0.5, 0.6) is 0 Å². The van der Waals surface area contributed by atoms with Crippen LogP contribution in [0.2, 0.25) is 0 Å². The Balaban J connectivity index is 1.49. The molecule has 1 saturated heterocycles. The molecule has 0 unspecified atom stereocenters. The molecule has 5 heteroatoms. The Morgan fingerprint density at radius 3 is 2.58 bits per heavy atom. The number of rotatable bonds is 2. The molecule has 1 aliphatic carbocycles. The minimum absolute atomic E-state index is 0.0454. The van der Waals surface area contributed by atoms with Gasteiger partial charge in [-0.25, -0.2) is 0 Å². The fourth-order valence-electron chi connectivity index (χ4n) is 4.77. The van der Waals surface area contributed by atoms with Crippen molar-refractivity contribution in [3.05, 3.63) is 34.9 Å². The molecule has 4 rings (SSSR count). The highest BCUT2D eigenvalue weighted by atomic mass is 16.5. The average Bonchev–Trinajstić information content (AvgIpc) is 2.62. The Morgan fingerprint density at radius 1 is 1.23 bits per heavy atom. The normalized spacial score (nSPS) is 24.0. The standard InChI is InChI=1S/C21H28N2O3/c1-20(2)13-22-18(24)16-5-4-14(10-17(16)20)19(25)23-8-6-21(7-9-23)11-15(12-21)26-3/h4-5,10,15H,6-9,11-13H2,1-3H3,(H,22,24). The molecule has 1 aromatic carbocycles. The van der Waals surface area contributed by atoms with Crippen molar-refractivity contribution in [3.8, 4) is 0 Å². The van der Waals surface area contributed by atoms with E-state index in [4.69, 9.17) is 4.74 Å². The lowest BCUT2D eigenvalue weighted by molar-refractivity contribution is -0.0841. The highest BCUT2D eigenvalue weighted by Crippen LogP contribution is 2.50. The maximum atomic E-state index is 13.0. The summed E-state index contributed by atoms with van der Waals surface area (Å²) in [6.45, 7) is 6.44. The molecule has 2 amide bonds. The number of carbonyl (C=O) groups is 2. The third-order valence-corrected chi connectivity index (χ3v) is 6.70. The molecule has 0 radical (unpaired) electrons. The van der Waals surface area contributed by atoms with Gasteiger partial charge in [0, 0.05) is 43.3 Å². The first-order valence-corrected chi connectivity index (χ1v) is 9.58. The number of nitrogens with one attached hydrogen (secondary N) is 1. The van der Waals surface area contributed by atoms with Gasteiger partial charge in [0.15, 0.2) is 0 Å². The molecule has 26 heavy (non-hydrogen) atoms. The van der Waals surface area contributed by atoms with Crippen molar-refractivity contribution in [2.45, 2.75) is 51.0 Å². The van der Waals surface area contributed by atoms with E-state index >= 15 is 0 Å². The van der Waals surface area contributed by atoms with Crippen molar-refractivity contribution in [2.24, 2.45) is 5.41 Å². The van der Waals surface area contributed by atoms with E-state index in [9.17, 15) is 9.59 Å². The number of fused-ring (bicyclic) bond motifs is 1. The fraction of sp³-hybridized carbons (Fsp3) is 0.619. The summed E-state index contributed by atoms with van der Waals surface area (Å²) in [5, 5.41) is 2.93. The van der Waals surface area contributed by atoms with Crippen molar-refractivity contribution >= 4 is 11.8 Å². The Morgan fingerprint density at radius 2 is 1.92 bits per heavy atom. The molecule has 3 aliphatic rings. The number of nitrogens with zero attached hydrogens (tertiary/aromatic N) is 1. The summed E-state index contributed by atoms with van der Waals surface area (Å²) in [6.07, 6.45) is 4.81. The first-order valence-electron chi connectivity index (χ1n) is 9.58. The molecule has 0 bridgehead atoms. The Bertz CT molecular complexity index is 740. The quantitative estimate of drug-likeness (QED) is 0.886. The van der Waals surface area contributed by atoms with Crippen molar-refractivity contribution in [2.75, 3.05) is 26.7 Å². The second-order valence-corrected chi connectivity index (χ2v) is 8.89. The number of hydrogen-bond donors (Lipinski definition) is 1. The SMILES string of the molecule is COC1CC2(CCN(C(=O)c3ccc4c(c3)C(C)(C)CNC4=O)CC2)C1. The van der Waals surface area contributed by atoms with Gasteiger partial charge in [-0.2, -0.15) is 0 Å². The summed E-state index contributed by atoms with van der Waals surface area (Å²) < 4.78 is 5.43. The van der Waals surface area contributed by atoms with Crippen LogP contribution < -0.4 is 5.32 Å². The van der Waals surface area contributed by atoms with E-state index in [0.717, 1.165) is 44.3 Å². The highest BCUT2D eigenvalue weighted by Gasteiger charge is 2.46. The van der Waals surface area contributed by atoms with Crippen LogP contribution in [0.1, 0.15) is 65.8 Å². The maximum absolute atomic E-state index is 13.0. The molecule has 1 N–H and O–H groups in total. The molecule has 1 aromatic rings. The van der Waals surface area contributed by atoms with Crippen LogP contribution in [0.15, 0.2) is 18.2 Å². The first-order chi connectivity index (χ1) is 12.3. The molecular formula is C21H28N2O3. The predicted octanol–water partition coefficient (Wildman–Crippen LogP) is 2.74. The van der Waals surface area contributed by atoms with Gasteiger partial charge in [-0.15, -0.1) is 0 Å². The zero-order valence-corrected chi connectivity index (χ0v) is 15.9. The summed E-state index contributed by atoms with van der Waals surface area (Å²) in [5.74, 6) is 0.0444. The number of ether oxygens (including phenoxy) is 1. The number of methoxy groups -OCH3 is 1. The van der Waals surface area contributed by atoms with Crippen molar-refractivity contribution in [3.63, 3.8) is 0 Å². The first kappa shape index (κ1) is 17.5. The summed E-state index contributed by atoms with van der Waals surface area (Å²) in [7, 11) is 1.79. The van der Waals surface area contributed by atoms with E-state index in [-0.39, 0.29) is 17.2 Å². The van der Waals surface area contributed by atoms with Gasteiger partial charge in [0.1, 0.15) is 0 Å². The van der Waals surface area contributed by atoms with Crippen LogP contribution in [0.3, 0.4) is 0 Å². The number of carbonyl (C=O) groups excluding carboxylic acids is 2. The van der Waals surface area contributed by atoms with Gasteiger partial charge in [0.05, 0.1) is 6.10 Å². The maximum Gasteiger partial charge on any atom is 0.253 e. The lowest BCUT2D eigenvalue weighted by atomic mass is 9.61. The Hall–Kier alpha value is -1.88. The molecule has 5 nitrogen and oxygen atoms in total. The topological polar surface area (TPSA) is 58.6 Å². The van der Waals surface area contributed by atoms with Crippen LogP contribution in [-0.4, -0.2) is 49.6 Å². The lowest BCUT2D eigenvalue weighted by Crippen LogP contribution is -2.51. The number of benzene rings is 1. The van der Waals surface area contributed by atoms with Gasteiger partial charge in [-0.1, -0.05) is 13.8 Å². The van der Waals surface area contributed by atoms with E-state index < -0.39 is 0 Å². The zero-order chi connectivity index (χ0) is 18.5. The van der Waals surface area contributed by atoms with Crippen LogP contribution in [-0.2, 0) is 10.2 Å². The lowest BCUT2D eigenvalue weighted by Gasteiger charge is -2.51. The largest absolute Gasteiger partial charge is 0.381 e. The molecule has 140 valence electrons. The smallest absolute Gasteiger partial charge is 0.253 e. The molecule has 2 aliphatic heterocycles. The fourth-order valence-corrected chi connectivity index (χ4v) is 4.77. The van der Waals surface area contributed by atoms with E-state index in [2.05, 4.69) is 19.2 Å². The molecular weight excluding hydrogens is 328 g/mol. The van der Waals surface area contributed by atoms with Gasteiger partial charge in [-0.05, 0) is 54.9 Å². The second-order valence-electron chi connectivity index (χ2n) is 8.89. The second kappa shape index (κ2) is 6.08. The molecule has 1 saturated carbocycles. The third-order valence-electron chi connectivity index (χ3n) is 6.70. The number of amides is 2. The number of likely N-dealkylation sites (tertiary alicyclic amines) is 1. The van der Waals surface area contributed by atoms with Gasteiger partial charge in [-0.3, -0.25) is 9.59 Å². The van der Waals surface area contributed by atoms with Crippen LogP contribution >= 0.6 is 0 Å². The molecule has 0 aromatic heterocycles. The zero-order valence-electron chi connectivity index (χ0n) is 15.9. The van der Waals surface area contributed by atoms with Crippen molar-refractivity contribution in [1.29, 1.82) is 0 Å². The van der Waals surface area contributed by atoms with E-state index in [1.165, 1.54) is 0 Å². The summed E-state index contributed by atoms with van der Waals surface area (Å²) >= 11 is 0. The van der Waals surface area contributed by atoms with Crippen LogP contribution in [0, 0.1) is 5.41 Å². The van der Waals surface area contributed by atoms with E-state index in [0.29, 0.717) is 29.2 Å². The minimum Gasteiger partial charge on any atom is -0.381 e. The number of hydrogen-bond acceptors (Lipinski definition) is 3. The van der Waals surface area contributed by atoms with Gasteiger partial charge in [0.25, 0.3) is 11.8 Å². The van der Waals surface area contributed by atoms with Gasteiger partial charge < -0.3 is 15.0 Å². The molecule has 2 heterocycles. The summed E-state index contributed by atoms with van der Waals surface area (Å²) in [6, 6.07) is 5.54. The molecule has 0 atom stereocenters. The van der Waals surface area contributed by atoms with Crippen molar-refractivity contribution in [1.82, 2.24) is 10.2 Å². The van der Waals surface area contributed by atoms with Crippen molar-refractivity contribution < 1.29 is 14.3 Å². The molecule has 2 fully saturated rings. The third kappa shape index (κ3) is 2.82. The summed E-state index contributed by atoms with van der Waals surface area (Å²) in [5.41, 5.74) is 2.60. The molecule has 1 spiro atoms. The van der Waals surface area contributed by atoms with E-state index in [1.54, 1.807) is 19.2 Å². The monoisotopic (exact) mass is 356 g/mol. The van der Waals surface area contributed by atoms with Gasteiger partial charge >= 0.3 is 0 Å². The van der Waals surface area contributed by atoms with E-state index in [1.807, 2.05) is 11.0 Å². The van der Waals surface area contributed by atoms with Gasteiger partial charge in [0.2, 0.25) is 0 Å². The Labute approximate surface area is 155 Å². The number of piperidine rings is 1. The van der Waals surface area contributed by atoms with Crippen LogP contribution in [0.25, 0.3) is 0 Å². The highest BCUT2D eigenvalue weighted by molar-refractivity contribution is 6.00. The van der Waals surface area contributed by atoms with Crippen LogP contribution in [0.4, 0.5) is 0 Å². The Kier molecular flexibility index (Phi) is 4.10. The predicted molar refractivity (Wildman–Crippen MR) is 99.4 cm³/mol. The minimum atomic E-state index is -0.160. The summed E-state index contributed by atoms with van der Waals surface area (Å²) in [4.78, 5) is 27.1.